The van der Waals surface area contributed by atoms with Gasteiger partial charge in [-0.05, 0) is 19.3 Å². The zero-order chi connectivity index (χ0) is 18.1. The highest BCUT2D eigenvalue weighted by Gasteiger charge is 2.33. The number of piperidine rings is 1. The van der Waals surface area contributed by atoms with E-state index >= 15 is 0 Å². The Morgan fingerprint density at radius 1 is 1.32 bits per heavy atom. The molecule has 0 amide bonds. The number of Topliss-reactive ketones (excluding diaryl/α,β-unsaturated/α-hetero) is 1. The monoisotopic (exact) mass is 346 g/mol. The van der Waals surface area contributed by atoms with Gasteiger partial charge in [0.05, 0.1) is 19.1 Å². The summed E-state index contributed by atoms with van der Waals surface area (Å²) in [5.41, 5.74) is 0.335. The molecule has 6 heteroatoms. The smallest absolute Gasteiger partial charge is 0.201 e. The van der Waals surface area contributed by atoms with Crippen LogP contribution in [-0.2, 0) is 4.74 Å². The number of benzene rings is 1. The van der Waals surface area contributed by atoms with Crippen molar-refractivity contribution in [3.8, 4) is 0 Å². The Morgan fingerprint density at radius 2 is 2.00 bits per heavy atom. The summed E-state index contributed by atoms with van der Waals surface area (Å²) in [6, 6.07) is 8.43. The lowest BCUT2D eigenvalue weighted by Crippen LogP contribution is -2.53. The maximum Gasteiger partial charge on any atom is 0.201 e. The van der Waals surface area contributed by atoms with Crippen LogP contribution >= 0.6 is 0 Å². The van der Waals surface area contributed by atoms with Gasteiger partial charge in [0, 0.05) is 5.56 Å². The van der Waals surface area contributed by atoms with Crippen LogP contribution in [0.4, 0.5) is 0 Å². The molecule has 25 heavy (non-hydrogen) atoms. The number of rotatable bonds is 9. The van der Waals surface area contributed by atoms with Crippen LogP contribution in [0.15, 0.2) is 48.1 Å². The molecule has 1 N–H and O–H groups in total. The average Bonchev–Trinajstić information content (AvgIpc) is 2.62. The average molecular weight is 346 g/mol. The number of ketones is 1. The number of carbonyl (C=O) groups excluding carboxylic acids is 1. The van der Waals surface area contributed by atoms with Crippen LogP contribution in [0, 0.1) is 0 Å². The second kappa shape index (κ2) is 9.46. The highest BCUT2D eigenvalue weighted by molar-refractivity contribution is 6.41. The maximum absolute atomic E-state index is 12.4. The molecule has 1 unspecified atom stereocenters. The molecule has 1 aromatic carbocycles. The van der Waals surface area contributed by atoms with E-state index in [-0.39, 0.29) is 17.7 Å². The molecule has 0 spiro atoms. The number of hydrogen-bond donors (Lipinski definition) is 1. The highest BCUT2D eigenvalue weighted by Crippen LogP contribution is 2.21. The third-order valence-corrected chi connectivity index (χ3v) is 4.28. The van der Waals surface area contributed by atoms with Crippen LogP contribution in [0.2, 0.25) is 0 Å². The van der Waals surface area contributed by atoms with Crippen LogP contribution < -0.4 is 5.11 Å². The predicted molar refractivity (Wildman–Crippen MR) is 93.9 cm³/mol. The maximum atomic E-state index is 12.4. The Hall–Kier alpha value is -2.02. The fourth-order valence-electron chi connectivity index (χ4n) is 3.11. The lowest BCUT2D eigenvalue weighted by molar-refractivity contribution is -0.942. The van der Waals surface area contributed by atoms with E-state index < -0.39 is 17.8 Å². The Kier molecular flexibility index (Phi) is 7.31. The van der Waals surface area contributed by atoms with Crippen LogP contribution in [0.5, 0.6) is 0 Å². The van der Waals surface area contributed by atoms with Crippen LogP contribution in [0.3, 0.4) is 0 Å². The van der Waals surface area contributed by atoms with E-state index in [1.54, 1.807) is 36.4 Å². The van der Waals surface area contributed by atoms with Crippen molar-refractivity contribution in [2.24, 2.45) is 5.10 Å². The summed E-state index contributed by atoms with van der Waals surface area (Å²) in [5, 5.41) is 26.9. The normalized spacial score (nSPS) is 18.5. The van der Waals surface area contributed by atoms with Crippen molar-refractivity contribution in [3.05, 3.63) is 48.6 Å². The van der Waals surface area contributed by atoms with Crippen molar-refractivity contribution in [2.75, 3.05) is 32.8 Å². The zero-order valence-corrected chi connectivity index (χ0v) is 14.5. The minimum absolute atomic E-state index is 0.0933. The molecular formula is C19H26N2O4. The fourth-order valence-corrected chi connectivity index (χ4v) is 3.11. The molecule has 1 fully saturated rings. The van der Waals surface area contributed by atoms with Crippen molar-refractivity contribution in [3.63, 3.8) is 0 Å². The molecule has 0 aliphatic carbocycles. The van der Waals surface area contributed by atoms with Crippen LogP contribution in [0.25, 0.3) is 0 Å². The molecule has 0 radical (unpaired) electrons. The first-order chi connectivity index (χ1) is 12.1. The first kappa shape index (κ1) is 19.3. The van der Waals surface area contributed by atoms with Crippen molar-refractivity contribution in [2.45, 2.75) is 25.4 Å². The third-order valence-electron chi connectivity index (χ3n) is 4.28. The minimum atomic E-state index is -0.757. The van der Waals surface area contributed by atoms with E-state index in [9.17, 15) is 15.0 Å². The van der Waals surface area contributed by atoms with E-state index in [4.69, 9.17) is 4.74 Å². The molecule has 1 aromatic rings. The molecule has 6 nitrogen and oxygen atoms in total. The third kappa shape index (κ3) is 5.77. The van der Waals surface area contributed by atoms with E-state index in [1.165, 1.54) is 0 Å². The number of nitrogens with zero attached hydrogens (tertiary/aromatic N) is 2. The van der Waals surface area contributed by atoms with Gasteiger partial charge in [-0.15, -0.1) is 6.58 Å². The quantitative estimate of drug-likeness (QED) is 0.181. The summed E-state index contributed by atoms with van der Waals surface area (Å²) in [7, 11) is 0. The molecule has 2 rings (SSSR count). The number of aliphatic hydroxyl groups is 1. The molecule has 136 valence electrons. The van der Waals surface area contributed by atoms with Gasteiger partial charge in [0.25, 0.3) is 0 Å². The topological polar surface area (TPSA) is 81.9 Å². The molecule has 1 aliphatic heterocycles. The van der Waals surface area contributed by atoms with Gasteiger partial charge in [-0.1, -0.05) is 41.5 Å². The predicted octanol–water partition coefficient (Wildman–Crippen LogP) is 1.11. The largest absolute Gasteiger partial charge is 0.852 e. The second-order valence-electron chi connectivity index (χ2n) is 6.37. The van der Waals surface area contributed by atoms with E-state index in [2.05, 4.69) is 11.7 Å². The van der Waals surface area contributed by atoms with Crippen LogP contribution in [0.1, 0.15) is 29.6 Å². The Balaban J connectivity index is 2.12. The van der Waals surface area contributed by atoms with E-state index in [0.29, 0.717) is 25.3 Å². The first-order valence-corrected chi connectivity index (χ1v) is 8.66. The summed E-state index contributed by atoms with van der Waals surface area (Å²) >= 11 is 0. The lowest BCUT2D eigenvalue weighted by atomic mass is 10.1. The van der Waals surface area contributed by atoms with E-state index in [0.717, 1.165) is 19.3 Å². The highest BCUT2D eigenvalue weighted by atomic mass is 16.5. The van der Waals surface area contributed by atoms with Crippen molar-refractivity contribution >= 4 is 11.7 Å². The van der Waals surface area contributed by atoms with Gasteiger partial charge in [0.1, 0.15) is 25.7 Å². The second-order valence-corrected chi connectivity index (χ2v) is 6.37. The number of hydrogen-bond acceptors (Lipinski definition) is 5. The van der Waals surface area contributed by atoms with Gasteiger partial charge < -0.3 is 14.9 Å². The first-order valence-electron chi connectivity index (χ1n) is 8.66. The van der Waals surface area contributed by atoms with Gasteiger partial charge >= 0.3 is 0 Å². The minimum Gasteiger partial charge on any atom is -0.852 e. The zero-order valence-electron chi connectivity index (χ0n) is 14.5. The molecule has 0 saturated carbocycles. The van der Waals surface area contributed by atoms with Crippen molar-refractivity contribution in [1.82, 2.24) is 0 Å². The van der Waals surface area contributed by atoms with Crippen molar-refractivity contribution < 1.29 is 24.3 Å². The standard InChI is InChI=1S/C19H26N2O4/c1-2-13-25-15-17(22)14-21(11-7-4-8-12-21)20-19(24)18(23)16-9-5-3-6-10-16/h2-3,5-6,9-10,17,22H,1,4,7-8,11-15H2. The van der Waals surface area contributed by atoms with Gasteiger partial charge in [0.2, 0.25) is 5.78 Å². The molecular weight excluding hydrogens is 320 g/mol. The summed E-state index contributed by atoms with van der Waals surface area (Å²) in [5.74, 6) is -1.37. The lowest BCUT2D eigenvalue weighted by Gasteiger charge is -2.38. The number of quaternary nitrogens is 1. The molecule has 1 aliphatic rings. The summed E-state index contributed by atoms with van der Waals surface area (Å²) in [6.45, 7) is 5.64. The number of ether oxygens (including phenoxy) is 1. The van der Waals surface area contributed by atoms with Crippen LogP contribution in [-0.4, -0.2) is 60.3 Å². The SMILES string of the molecule is C=CCOCC(O)C[N+]1(/N=C(\[O-])C(=O)c2ccccc2)CCCCC1. The Morgan fingerprint density at radius 3 is 2.64 bits per heavy atom. The molecule has 0 aromatic heterocycles. The summed E-state index contributed by atoms with van der Waals surface area (Å²) in [6.07, 6.45) is 3.76. The molecule has 0 bridgehead atoms. The Labute approximate surface area is 148 Å². The van der Waals surface area contributed by atoms with Crippen molar-refractivity contribution in [1.29, 1.82) is 0 Å². The summed E-state index contributed by atoms with van der Waals surface area (Å²) in [4.78, 5) is 12.3. The van der Waals surface area contributed by atoms with Gasteiger partial charge in [-0.25, -0.2) is 0 Å². The number of aliphatic hydroxyl groups excluding tert-OH is 1. The van der Waals surface area contributed by atoms with E-state index in [1.807, 2.05) is 0 Å². The molecule has 1 saturated heterocycles. The molecule has 1 atom stereocenters. The summed E-state index contributed by atoms with van der Waals surface area (Å²) < 4.78 is 5.37. The van der Waals surface area contributed by atoms with Gasteiger partial charge in [-0.2, -0.15) is 4.59 Å². The van der Waals surface area contributed by atoms with Gasteiger partial charge in [-0.3, -0.25) is 4.79 Å². The molecule has 1 heterocycles. The number of likely N-dealkylation sites (tertiary alicyclic amines) is 1. The Bertz CT molecular complexity index is 595. The number of carbonyl (C=O) groups is 1. The van der Waals surface area contributed by atoms with Gasteiger partial charge in [0.15, 0.2) is 0 Å². The fraction of sp³-hybridized carbons (Fsp3) is 0.474.